The second-order valence-corrected chi connectivity index (χ2v) is 7.80. The number of nitrogens with zero attached hydrogens (tertiary/aromatic N) is 3. The van der Waals surface area contributed by atoms with Gasteiger partial charge >= 0.3 is 0 Å². The van der Waals surface area contributed by atoms with E-state index in [4.69, 9.17) is 11.6 Å². The highest BCUT2D eigenvalue weighted by molar-refractivity contribution is 6.30. The number of halogens is 1. The van der Waals surface area contributed by atoms with E-state index in [1.807, 2.05) is 30.5 Å². The van der Waals surface area contributed by atoms with Gasteiger partial charge in [-0.2, -0.15) is 5.10 Å². The van der Waals surface area contributed by atoms with Crippen LogP contribution in [0, 0.1) is 0 Å². The van der Waals surface area contributed by atoms with E-state index in [9.17, 15) is 0 Å². The van der Waals surface area contributed by atoms with Gasteiger partial charge in [0.15, 0.2) is 0 Å². The first-order valence-corrected chi connectivity index (χ1v) is 10.1. The smallest absolute Gasteiger partial charge is 0.0615 e. The van der Waals surface area contributed by atoms with Crippen molar-refractivity contribution in [3.8, 4) is 11.1 Å². The van der Waals surface area contributed by atoms with E-state index < -0.39 is 0 Å². The van der Waals surface area contributed by atoms with Crippen LogP contribution in [0.25, 0.3) is 11.1 Å². The highest BCUT2D eigenvalue weighted by Crippen LogP contribution is 2.46. The Morgan fingerprint density at radius 2 is 1.32 bits per heavy atom. The zero-order valence-corrected chi connectivity index (χ0v) is 16.4. The zero-order valence-electron chi connectivity index (χ0n) is 15.6. The molecule has 1 aliphatic carbocycles. The van der Waals surface area contributed by atoms with Crippen LogP contribution in [0.15, 0.2) is 77.9 Å². The van der Waals surface area contributed by atoms with Crippen LogP contribution >= 0.6 is 11.6 Å². The van der Waals surface area contributed by atoms with Crippen molar-refractivity contribution in [3.05, 3.63) is 94.5 Å². The Balaban J connectivity index is 1.31. The second-order valence-electron chi connectivity index (χ2n) is 7.36. The lowest BCUT2D eigenvalue weighted by Gasteiger charge is -2.37. The lowest BCUT2D eigenvalue weighted by Crippen LogP contribution is -2.45. The van der Waals surface area contributed by atoms with E-state index in [0.29, 0.717) is 6.04 Å². The summed E-state index contributed by atoms with van der Waals surface area (Å²) in [6.07, 6.45) is 1.92. The van der Waals surface area contributed by atoms with Gasteiger partial charge in [-0.3, -0.25) is 9.91 Å². The molecular weight excluding hydrogens is 366 g/mol. The molecule has 1 aliphatic heterocycles. The van der Waals surface area contributed by atoms with E-state index >= 15 is 0 Å². The summed E-state index contributed by atoms with van der Waals surface area (Å²) in [6, 6.07) is 25.8. The highest BCUT2D eigenvalue weighted by atomic mass is 35.5. The topological polar surface area (TPSA) is 18.8 Å². The first-order valence-electron chi connectivity index (χ1n) is 9.76. The number of hydrazone groups is 1. The van der Waals surface area contributed by atoms with Gasteiger partial charge in [0, 0.05) is 31.2 Å². The van der Waals surface area contributed by atoms with Gasteiger partial charge in [0.2, 0.25) is 0 Å². The molecule has 28 heavy (non-hydrogen) atoms. The molecule has 5 rings (SSSR count). The average Bonchev–Trinajstić information content (AvgIpc) is 3.08. The van der Waals surface area contributed by atoms with E-state index in [0.717, 1.165) is 36.8 Å². The Labute approximate surface area is 170 Å². The van der Waals surface area contributed by atoms with Gasteiger partial charge in [-0.1, -0.05) is 72.3 Å². The van der Waals surface area contributed by atoms with Crippen molar-refractivity contribution >= 4 is 17.8 Å². The third kappa shape index (κ3) is 3.21. The number of piperazine rings is 1. The minimum absolute atomic E-state index is 0.356. The van der Waals surface area contributed by atoms with Crippen LogP contribution in [-0.2, 0) is 0 Å². The summed E-state index contributed by atoms with van der Waals surface area (Å²) in [5, 5.41) is 7.59. The predicted molar refractivity (Wildman–Crippen MR) is 116 cm³/mol. The molecule has 4 heteroatoms. The first-order chi connectivity index (χ1) is 13.8. The summed E-state index contributed by atoms with van der Waals surface area (Å²) in [4.78, 5) is 2.60. The molecule has 0 unspecified atom stereocenters. The maximum atomic E-state index is 5.95. The van der Waals surface area contributed by atoms with Gasteiger partial charge in [-0.25, -0.2) is 0 Å². The molecule has 3 aromatic rings. The Bertz CT molecular complexity index is 959. The molecule has 0 spiro atoms. The van der Waals surface area contributed by atoms with Crippen molar-refractivity contribution in [2.75, 3.05) is 26.2 Å². The van der Waals surface area contributed by atoms with Crippen LogP contribution in [0.2, 0.25) is 5.02 Å². The Hall–Kier alpha value is -2.62. The van der Waals surface area contributed by atoms with Crippen LogP contribution in [0.4, 0.5) is 0 Å². The van der Waals surface area contributed by atoms with Crippen molar-refractivity contribution in [1.29, 1.82) is 0 Å². The van der Waals surface area contributed by atoms with Crippen LogP contribution in [0.3, 0.4) is 0 Å². The molecule has 1 saturated heterocycles. The van der Waals surface area contributed by atoms with E-state index in [1.54, 1.807) is 0 Å². The van der Waals surface area contributed by atoms with Gasteiger partial charge in [-0.15, -0.1) is 0 Å². The maximum Gasteiger partial charge on any atom is 0.0615 e. The molecule has 1 fully saturated rings. The third-order valence-electron chi connectivity index (χ3n) is 5.70. The number of fused-ring (bicyclic) bond motifs is 3. The molecule has 3 aromatic carbocycles. The van der Waals surface area contributed by atoms with Crippen LogP contribution in [0.5, 0.6) is 0 Å². The molecule has 0 radical (unpaired) electrons. The molecule has 0 N–H and O–H groups in total. The van der Waals surface area contributed by atoms with E-state index in [2.05, 4.69) is 63.5 Å². The predicted octanol–water partition coefficient (Wildman–Crippen LogP) is 5.06. The standard InChI is InChI=1S/C24H22ClN3/c25-19-11-9-18(10-12-19)17-26-28-15-13-27(14-16-28)24-22-7-3-1-5-20(22)21-6-2-4-8-23(21)24/h1-12,17,24H,13-16H2/b26-17+. The molecule has 0 amide bonds. The van der Waals surface area contributed by atoms with Crippen LogP contribution < -0.4 is 0 Å². The monoisotopic (exact) mass is 387 g/mol. The van der Waals surface area contributed by atoms with Crippen LogP contribution in [-0.4, -0.2) is 42.3 Å². The fourth-order valence-electron chi connectivity index (χ4n) is 4.30. The van der Waals surface area contributed by atoms with Crippen molar-refractivity contribution in [2.45, 2.75) is 6.04 Å². The SMILES string of the molecule is Clc1ccc(/C=N/N2CCN(C3c4ccccc4-c4ccccc43)CC2)cc1. The molecule has 0 atom stereocenters. The molecule has 0 bridgehead atoms. The Morgan fingerprint density at radius 3 is 1.93 bits per heavy atom. The molecule has 140 valence electrons. The molecular formula is C24H22ClN3. The summed E-state index contributed by atoms with van der Waals surface area (Å²) >= 11 is 5.95. The Kier molecular flexibility index (Phi) is 4.63. The first kappa shape index (κ1) is 17.5. The minimum Gasteiger partial charge on any atom is -0.294 e. The normalized spacial score (nSPS) is 17.1. The number of rotatable bonds is 3. The fourth-order valence-corrected chi connectivity index (χ4v) is 4.43. The van der Waals surface area contributed by atoms with Gasteiger partial charge in [0.25, 0.3) is 0 Å². The number of hydrogen-bond donors (Lipinski definition) is 0. The lowest BCUT2D eigenvalue weighted by molar-refractivity contribution is 0.114. The fraction of sp³-hybridized carbons (Fsp3) is 0.208. The summed E-state index contributed by atoms with van der Waals surface area (Å²) in [7, 11) is 0. The molecule has 1 heterocycles. The van der Waals surface area contributed by atoms with Gasteiger partial charge in [0.05, 0.1) is 12.3 Å². The molecule has 0 saturated carbocycles. The van der Waals surface area contributed by atoms with Crippen molar-refractivity contribution < 1.29 is 0 Å². The molecule has 2 aliphatic rings. The number of hydrogen-bond acceptors (Lipinski definition) is 3. The van der Waals surface area contributed by atoms with Gasteiger partial charge in [0.1, 0.15) is 0 Å². The van der Waals surface area contributed by atoms with Crippen molar-refractivity contribution in [3.63, 3.8) is 0 Å². The van der Waals surface area contributed by atoms with E-state index in [-0.39, 0.29) is 0 Å². The minimum atomic E-state index is 0.356. The average molecular weight is 388 g/mol. The maximum absolute atomic E-state index is 5.95. The number of benzene rings is 3. The van der Waals surface area contributed by atoms with Crippen LogP contribution in [0.1, 0.15) is 22.7 Å². The largest absolute Gasteiger partial charge is 0.294 e. The van der Waals surface area contributed by atoms with Crippen molar-refractivity contribution in [1.82, 2.24) is 9.91 Å². The zero-order chi connectivity index (χ0) is 18.9. The van der Waals surface area contributed by atoms with E-state index in [1.165, 1.54) is 22.3 Å². The second kappa shape index (κ2) is 7.42. The lowest BCUT2D eigenvalue weighted by atomic mass is 10.0. The summed E-state index contributed by atoms with van der Waals surface area (Å²) < 4.78 is 0. The summed E-state index contributed by atoms with van der Waals surface area (Å²) in [5.41, 5.74) is 6.70. The summed E-state index contributed by atoms with van der Waals surface area (Å²) in [5.74, 6) is 0. The summed E-state index contributed by atoms with van der Waals surface area (Å²) in [6.45, 7) is 3.88. The third-order valence-corrected chi connectivity index (χ3v) is 5.95. The highest BCUT2D eigenvalue weighted by Gasteiger charge is 2.33. The molecule has 0 aromatic heterocycles. The quantitative estimate of drug-likeness (QED) is 0.585. The molecule has 3 nitrogen and oxygen atoms in total. The Morgan fingerprint density at radius 1 is 0.750 bits per heavy atom. The van der Waals surface area contributed by atoms with Gasteiger partial charge in [-0.05, 0) is 39.9 Å². The van der Waals surface area contributed by atoms with Crippen molar-refractivity contribution in [2.24, 2.45) is 5.10 Å². The van der Waals surface area contributed by atoms with Gasteiger partial charge < -0.3 is 0 Å².